The maximum Gasteiger partial charge on any atom is 0.180 e. The Bertz CT molecular complexity index is 455. The molecule has 0 fully saturated rings. The zero-order valence-electron chi connectivity index (χ0n) is 10.5. The van der Waals surface area contributed by atoms with E-state index in [9.17, 15) is 0 Å². The molecule has 0 saturated carbocycles. The number of nitrogens with zero attached hydrogens (tertiary/aromatic N) is 3. The molecule has 0 aromatic carbocycles. The number of aromatic nitrogens is 3. The zero-order valence-corrected chi connectivity index (χ0v) is 12.1. The first-order chi connectivity index (χ1) is 8.79. The predicted octanol–water partition coefficient (Wildman–Crippen LogP) is 3.14. The van der Waals surface area contributed by atoms with Crippen molar-refractivity contribution in [3.63, 3.8) is 0 Å². The van der Waals surface area contributed by atoms with Gasteiger partial charge >= 0.3 is 0 Å². The summed E-state index contributed by atoms with van der Waals surface area (Å²) in [6.45, 7) is 5.35. The summed E-state index contributed by atoms with van der Waals surface area (Å²) in [7, 11) is 0. The van der Waals surface area contributed by atoms with Crippen molar-refractivity contribution in [2.24, 2.45) is 0 Å². The molecule has 2 aromatic rings. The Morgan fingerprint density at radius 2 is 2.33 bits per heavy atom. The van der Waals surface area contributed by atoms with E-state index in [1.165, 1.54) is 16.9 Å². The third kappa shape index (κ3) is 3.76. The maximum absolute atomic E-state index is 4.44. The number of pyridine rings is 1. The van der Waals surface area contributed by atoms with Crippen LogP contribution >= 0.6 is 23.1 Å². The minimum atomic E-state index is 0.345. The van der Waals surface area contributed by atoms with Gasteiger partial charge < -0.3 is 5.32 Å². The summed E-state index contributed by atoms with van der Waals surface area (Å²) in [5.74, 6) is 0. The number of rotatable bonds is 6. The van der Waals surface area contributed by atoms with Crippen molar-refractivity contribution < 1.29 is 0 Å². The van der Waals surface area contributed by atoms with E-state index in [0.29, 0.717) is 6.04 Å². The second-order valence-corrected chi connectivity index (χ2v) is 6.01. The third-order valence-electron chi connectivity index (χ3n) is 2.49. The molecule has 0 radical (unpaired) electrons. The van der Waals surface area contributed by atoms with Gasteiger partial charge in [0.15, 0.2) is 4.34 Å². The van der Waals surface area contributed by atoms with E-state index in [2.05, 4.69) is 40.4 Å². The minimum absolute atomic E-state index is 0.345. The van der Waals surface area contributed by atoms with Crippen LogP contribution in [0, 0.1) is 0 Å². The largest absolute Gasteiger partial charge is 0.310 e. The Morgan fingerprint density at radius 3 is 2.94 bits per heavy atom. The molecule has 0 aliphatic rings. The molecular formula is C12H16N4S2. The van der Waals surface area contributed by atoms with Crippen LogP contribution < -0.4 is 5.32 Å². The summed E-state index contributed by atoms with van der Waals surface area (Å²) in [5, 5.41) is 12.2. The molecule has 0 spiro atoms. The monoisotopic (exact) mass is 280 g/mol. The van der Waals surface area contributed by atoms with Gasteiger partial charge in [0.2, 0.25) is 0 Å². The normalized spacial score (nSPS) is 12.6. The molecule has 0 bridgehead atoms. The van der Waals surface area contributed by atoms with Crippen LogP contribution in [0.5, 0.6) is 0 Å². The Balaban J connectivity index is 1.96. The summed E-state index contributed by atoms with van der Waals surface area (Å²) in [6.07, 6.45) is 3.07. The van der Waals surface area contributed by atoms with Crippen LogP contribution in [-0.4, -0.2) is 21.7 Å². The molecular weight excluding hydrogens is 264 g/mol. The van der Waals surface area contributed by atoms with Gasteiger partial charge in [-0.25, -0.2) is 4.98 Å². The van der Waals surface area contributed by atoms with Crippen LogP contribution in [0.4, 0.5) is 0 Å². The molecule has 1 atom stereocenters. The molecule has 0 amide bonds. The van der Waals surface area contributed by atoms with Crippen molar-refractivity contribution in [3.05, 3.63) is 29.4 Å². The highest BCUT2D eigenvalue weighted by atomic mass is 32.2. The van der Waals surface area contributed by atoms with Crippen molar-refractivity contribution >= 4 is 23.1 Å². The number of hydrogen-bond donors (Lipinski definition) is 1. The molecule has 1 N–H and O–H groups in total. The van der Waals surface area contributed by atoms with E-state index in [1.54, 1.807) is 17.3 Å². The number of nitrogens with one attached hydrogen (secondary N) is 1. The fraction of sp³-hybridized carbons (Fsp3) is 0.417. The molecule has 2 aromatic heterocycles. The second kappa shape index (κ2) is 6.82. The topological polar surface area (TPSA) is 50.7 Å². The highest BCUT2D eigenvalue weighted by Crippen LogP contribution is 2.27. The Labute approximate surface area is 115 Å². The first-order valence-electron chi connectivity index (χ1n) is 5.93. The van der Waals surface area contributed by atoms with E-state index in [0.717, 1.165) is 22.3 Å². The summed E-state index contributed by atoms with van der Waals surface area (Å²) in [6, 6.07) is 4.49. The second-order valence-electron chi connectivity index (χ2n) is 3.91. The lowest BCUT2D eigenvalue weighted by atomic mass is 10.1. The molecule has 2 heterocycles. The van der Waals surface area contributed by atoms with Crippen molar-refractivity contribution in [1.29, 1.82) is 0 Å². The lowest BCUT2D eigenvalue weighted by Gasteiger charge is -2.13. The van der Waals surface area contributed by atoms with Gasteiger partial charge in [0, 0.05) is 12.2 Å². The van der Waals surface area contributed by atoms with Gasteiger partial charge in [-0.3, -0.25) is 0 Å². The van der Waals surface area contributed by atoms with Crippen molar-refractivity contribution in [1.82, 2.24) is 20.5 Å². The van der Waals surface area contributed by atoms with Crippen LogP contribution in [0.2, 0.25) is 0 Å². The highest BCUT2D eigenvalue weighted by Gasteiger charge is 2.06. The first kappa shape index (κ1) is 13.5. The minimum Gasteiger partial charge on any atom is -0.310 e. The molecule has 0 aliphatic carbocycles. The fourth-order valence-electron chi connectivity index (χ4n) is 1.48. The van der Waals surface area contributed by atoms with Crippen LogP contribution in [0.3, 0.4) is 0 Å². The maximum atomic E-state index is 4.44. The Kier molecular flexibility index (Phi) is 5.10. The standard InChI is InChI=1S/C12H16N4S2/c1-3-6-13-9(2)10-4-5-11(14-7-10)18-12-16-15-8-17-12/h4-5,7-9,13H,3,6H2,1-2H3. The van der Waals surface area contributed by atoms with Crippen LogP contribution in [-0.2, 0) is 0 Å². The van der Waals surface area contributed by atoms with Crippen molar-refractivity contribution in [2.45, 2.75) is 35.7 Å². The molecule has 4 nitrogen and oxygen atoms in total. The summed E-state index contributed by atoms with van der Waals surface area (Å²) < 4.78 is 0.924. The lowest BCUT2D eigenvalue weighted by Crippen LogP contribution is -2.19. The quantitative estimate of drug-likeness (QED) is 0.881. The Hall–Kier alpha value is -0.980. The van der Waals surface area contributed by atoms with Gasteiger partial charge in [-0.1, -0.05) is 24.3 Å². The lowest BCUT2D eigenvalue weighted by molar-refractivity contribution is 0.568. The predicted molar refractivity (Wildman–Crippen MR) is 75.0 cm³/mol. The molecule has 0 aliphatic heterocycles. The van der Waals surface area contributed by atoms with E-state index < -0.39 is 0 Å². The van der Waals surface area contributed by atoms with E-state index in [1.807, 2.05) is 12.3 Å². The van der Waals surface area contributed by atoms with Gasteiger partial charge in [-0.05, 0) is 43.3 Å². The van der Waals surface area contributed by atoms with Gasteiger partial charge in [0.05, 0.1) is 0 Å². The van der Waals surface area contributed by atoms with E-state index >= 15 is 0 Å². The zero-order chi connectivity index (χ0) is 12.8. The summed E-state index contributed by atoms with van der Waals surface area (Å²) in [5.41, 5.74) is 2.94. The van der Waals surface area contributed by atoms with Crippen molar-refractivity contribution in [2.75, 3.05) is 6.54 Å². The average molecular weight is 280 g/mol. The average Bonchev–Trinajstić information content (AvgIpc) is 2.89. The van der Waals surface area contributed by atoms with Crippen molar-refractivity contribution in [3.8, 4) is 0 Å². The smallest absolute Gasteiger partial charge is 0.180 e. The highest BCUT2D eigenvalue weighted by molar-refractivity contribution is 8.00. The molecule has 1 unspecified atom stereocenters. The molecule has 96 valence electrons. The van der Waals surface area contributed by atoms with Gasteiger partial charge in [-0.15, -0.1) is 10.2 Å². The SMILES string of the molecule is CCCNC(C)c1ccc(Sc2nncs2)nc1. The van der Waals surface area contributed by atoms with Gasteiger partial charge in [0.1, 0.15) is 10.5 Å². The Morgan fingerprint density at radius 1 is 1.44 bits per heavy atom. The molecule has 18 heavy (non-hydrogen) atoms. The van der Waals surface area contributed by atoms with Crippen LogP contribution in [0.15, 0.2) is 33.2 Å². The van der Waals surface area contributed by atoms with Crippen LogP contribution in [0.25, 0.3) is 0 Å². The first-order valence-corrected chi connectivity index (χ1v) is 7.62. The van der Waals surface area contributed by atoms with E-state index in [-0.39, 0.29) is 0 Å². The van der Waals surface area contributed by atoms with Gasteiger partial charge in [0.25, 0.3) is 0 Å². The fourth-order valence-corrected chi connectivity index (χ4v) is 2.85. The van der Waals surface area contributed by atoms with Crippen LogP contribution in [0.1, 0.15) is 31.9 Å². The molecule has 0 saturated heterocycles. The summed E-state index contributed by atoms with van der Waals surface area (Å²) >= 11 is 3.07. The molecule has 6 heteroatoms. The summed E-state index contributed by atoms with van der Waals surface area (Å²) in [4.78, 5) is 4.44. The van der Waals surface area contributed by atoms with E-state index in [4.69, 9.17) is 0 Å². The van der Waals surface area contributed by atoms with Gasteiger partial charge in [-0.2, -0.15) is 0 Å². The third-order valence-corrected chi connectivity index (χ3v) is 4.22. The number of hydrogen-bond acceptors (Lipinski definition) is 6. The molecule has 2 rings (SSSR count).